The number of ether oxygens (including phenoxy) is 5. The molecule has 0 saturated carbocycles. The van der Waals surface area contributed by atoms with Crippen molar-refractivity contribution in [3.8, 4) is 0 Å². The van der Waals surface area contributed by atoms with Crippen LogP contribution in [-0.2, 0) is 39.4 Å². The molecule has 1 amide bonds. The van der Waals surface area contributed by atoms with Crippen molar-refractivity contribution < 1.29 is 66.6 Å². The Morgan fingerprint density at radius 2 is 1.57 bits per heavy atom. The Labute approximate surface area is 382 Å². The summed E-state index contributed by atoms with van der Waals surface area (Å²) in [5, 5.41) is 35.8. The van der Waals surface area contributed by atoms with Gasteiger partial charge in [-0.05, 0) is 102 Å². The van der Waals surface area contributed by atoms with Crippen molar-refractivity contribution in [2.45, 2.75) is 205 Å². The zero-order chi connectivity index (χ0) is 48.0. The number of Topliss-reactive ketones (excluding diaryl/α,β-unsaturated/α-hetero) is 1. The van der Waals surface area contributed by atoms with Crippen LogP contribution >= 0.6 is 0 Å². The molecule has 5 aliphatic rings. The Bertz CT molecular complexity index is 1900. The van der Waals surface area contributed by atoms with E-state index in [-0.39, 0.29) is 30.0 Å². The van der Waals surface area contributed by atoms with Gasteiger partial charge >= 0.3 is 12.1 Å². The van der Waals surface area contributed by atoms with E-state index in [2.05, 4.69) is 5.32 Å². The largest absolute Gasteiger partial charge is 0.481 e. The van der Waals surface area contributed by atoms with E-state index in [1.54, 1.807) is 19.1 Å². The van der Waals surface area contributed by atoms with Gasteiger partial charge in [-0.15, -0.1) is 0 Å². The molecule has 1 aromatic carbocycles. The van der Waals surface area contributed by atoms with Gasteiger partial charge in [0, 0.05) is 30.1 Å². The predicted molar refractivity (Wildman–Crippen MR) is 235 cm³/mol. The minimum Gasteiger partial charge on any atom is -0.481 e. The molecule has 0 radical (unpaired) electrons. The number of carboxylic acids is 1. The molecule has 6 rings (SSSR count). The molecule has 1 aromatic rings. The first-order valence-corrected chi connectivity index (χ1v) is 24.1. The highest BCUT2D eigenvalue weighted by Gasteiger charge is 2.63. The third-order valence-electron chi connectivity index (χ3n) is 16.2. The number of hydrogen-bond acceptors (Lipinski definition) is 10. The first kappa shape index (κ1) is 51.5. The SMILES string of the molecule is CC[C@@H](C(=O)[C@@H](C)[C@@H](O)[C@H](C)[C@@H]1O[C@@H]([C@@H](CC)C(=O)O)CC[C@@H]1C)[C@H]1O[C@]2(C=C[C@@H](NC(=O)c3ccccc3C(F)(F)F)[C@]3(CC[C@@](C)([C@H]4CC[C@](O)(CC)[C@H](C)O4)O3)O2)[C@H](C)C[C@@H]1C. The third-order valence-corrected chi connectivity index (χ3v) is 16.2. The van der Waals surface area contributed by atoms with Crippen molar-refractivity contribution >= 4 is 17.7 Å². The molecule has 2 spiro atoms. The van der Waals surface area contributed by atoms with Crippen molar-refractivity contribution in [3.63, 3.8) is 0 Å². The number of halogens is 3. The highest BCUT2D eigenvalue weighted by Crippen LogP contribution is 2.54. The van der Waals surface area contributed by atoms with Gasteiger partial charge in [-0.2, -0.15) is 13.2 Å². The van der Waals surface area contributed by atoms with E-state index >= 15 is 0 Å². The minimum atomic E-state index is -4.78. The molecule has 18 atom stereocenters. The molecule has 0 bridgehead atoms. The number of hydrogen-bond donors (Lipinski definition) is 4. The van der Waals surface area contributed by atoms with Gasteiger partial charge < -0.3 is 44.3 Å². The molecule has 5 heterocycles. The maximum absolute atomic E-state index is 14.7. The highest BCUT2D eigenvalue weighted by molar-refractivity contribution is 5.96. The normalized spacial score (nSPS) is 40.0. The molecule has 5 aliphatic heterocycles. The Morgan fingerprint density at radius 3 is 2.18 bits per heavy atom. The summed E-state index contributed by atoms with van der Waals surface area (Å²) in [5.41, 5.74) is -3.64. The monoisotopic (exact) mass is 922 g/mol. The summed E-state index contributed by atoms with van der Waals surface area (Å²) in [6.45, 7) is 18.9. The number of amides is 1. The molecule has 65 heavy (non-hydrogen) atoms. The average Bonchev–Trinajstić information content (AvgIpc) is 3.60. The van der Waals surface area contributed by atoms with Gasteiger partial charge in [-0.1, -0.05) is 73.6 Å². The molecular formula is C50H74F3NO11. The summed E-state index contributed by atoms with van der Waals surface area (Å²) in [6.07, 6.45) is -0.377. The molecule has 4 fully saturated rings. The summed E-state index contributed by atoms with van der Waals surface area (Å²) < 4.78 is 76.6. The van der Waals surface area contributed by atoms with Crippen LogP contribution in [0.2, 0.25) is 0 Å². The lowest BCUT2D eigenvalue weighted by Gasteiger charge is -2.55. The summed E-state index contributed by atoms with van der Waals surface area (Å²) in [4.78, 5) is 40.6. The second kappa shape index (κ2) is 19.6. The standard InChI is InChI=1S/C50H74F3NO11/c1-11-33(45(58)59)37-19-18-27(4)42(62-37)31(8)40(55)30(7)41(56)34(12-2)43-28(5)26-29(6)48(63-43)23-20-38(54-44(57)35-16-14-15-17-36(35)50(51,52)53)49(65-48)25-24-46(10,64-49)39-21-22-47(60,13-3)32(9)61-39/h14-17,20,23,27-34,37-40,42-43,55,60H,11-13,18-19,21-22,24-26H2,1-10H3,(H,54,57)(H,58,59)/t27-,28-,29+,30-,31-,32-,33+,34-,37+,38+,39+,40+,42+,43-,46-,47+,48-,49-/m0/s1. The number of benzene rings is 1. The summed E-state index contributed by atoms with van der Waals surface area (Å²) in [7, 11) is 0. The van der Waals surface area contributed by atoms with Crippen LogP contribution in [0.3, 0.4) is 0 Å². The molecule has 12 nitrogen and oxygen atoms in total. The van der Waals surface area contributed by atoms with E-state index in [4.69, 9.17) is 23.7 Å². The molecule has 366 valence electrons. The summed E-state index contributed by atoms with van der Waals surface area (Å²) >= 11 is 0. The van der Waals surface area contributed by atoms with E-state index in [1.165, 1.54) is 12.1 Å². The lowest BCUT2D eigenvalue weighted by molar-refractivity contribution is -0.397. The molecule has 0 aromatic heterocycles. The zero-order valence-corrected chi connectivity index (χ0v) is 39.9. The number of nitrogens with one attached hydrogen (secondary N) is 1. The smallest absolute Gasteiger partial charge is 0.417 e. The van der Waals surface area contributed by atoms with E-state index in [1.807, 2.05) is 62.3 Å². The molecule has 4 N–H and O–H groups in total. The second-order valence-corrected chi connectivity index (χ2v) is 20.5. The fourth-order valence-electron chi connectivity index (χ4n) is 11.8. The predicted octanol–water partition coefficient (Wildman–Crippen LogP) is 8.64. The molecule has 15 heteroatoms. The minimum absolute atomic E-state index is 0.0392. The molecular weight excluding hydrogens is 848 g/mol. The number of aliphatic hydroxyl groups is 2. The Hall–Kier alpha value is -2.92. The van der Waals surface area contributed by atoms with Gasteiger partial charge in [0.05, 0.1) is 64.9 Å². The first-order chi connectivity index (χ1) is 30.4. The van der Waals surface area contributed by atoms with Crippen LogP contribution in [-0.4, -0.2) is 98.4 Å². The van der Waals surface area contributed by atoms with Crippen LogP contribution < -0.4 is 5.32 Å². The first-order valence-electron chi connectivity index (χ1n) is 24.1. The van der Waals surface area contributed by atoms with Crippen LogP contribution in [0.15, 0.2) is 36.4 Å². The molecule has 4 saturated heterocycles. The lowest BCUT2D eigenvalue weighted by Crippen LogP contribution is -2.65. The van der Waals surface area contributed by atoms with Crippen molar-refractivity contribution in [2.24, 2.45) is 41.4 Å². The van der Waals surface area contributed by atoms with Gasteiger partial charge in [-0.25, -0.2) is 0 Å². The maximum atomic E-state index is 14.7. The van der Waals surface area contributed by atoms with Crippen molar-refractivity contribution in [3.05, 3.63) is 47.5 Å². The number of rotatable bonds is 14. The number of carbonyl (C=O) groups excluding carboxylic acids is 2. The van der Waals surface area contributed by atoms with Gasteiger partial charge in [0.15, 0.2) is 11.6 Å². The number of aliphatic hydroxyl groups excluding tert-OH is 1. The fraction of sp³-hybridized carbons (Fsp3) is 0.780. The Balaban J connectivity index is 1.28. The average molecular weight is 922 g/mol. The van der Waals surface area contributed by atoms with Gasteiger partial charge in [0.1, 0.15) is 11.8 Å². The van der Waals surface area contributed by atoms with Crippen LogP contribution in [0.5, 0.6) is 0 Å². The van der Waals surface area contributed by atoms with Gasteiger partial charge in [0.25, 0.3) is 5.91 Å². The van der Waals surface area contributed by atoms with Gasteiger partial charge in [0.2, 0.25) is 0 Å². The van der Waals surface area contributed by atoms with Crippen LogP contribution in [0.25, 0.3) is 0 Å². The van der Waals surface area contributed by atoms with Crippen LogP contribution in [0.1, 0.15) is 149 Å². The van der Waals surface area contributed by atoms with Crippen LogP contribution in [0.4, 0.5) is 13.2 Å². The van der Waals surface area contributed by atoms with E-state index in [0.29, 0.717) is 51.4 Å². The van der Waals surface area contributed by atoms with Crippen molar-refractivity contribution in [2.75, 3.05) is 0 Å². The summed E-state index contributed by atoms with van der Waals surface area (Å²) in [5.74, 6) is -8.24. The number of alkyl halides is 3. The van der Waals surface area contributed by atoms with E-state index in [9.17, 15) is 42.9 Å². The zero-order valence-electron chi connectivity index (χ0n) is 39.9. The topological polar surface area (TPSA) is 170 Å². The quantitative estimate of drug-likeness (QED) is 0.132. The fourth-order valence-corrected chi connectivity index (χ4v) is 11.8. The van der Waals surface area contributed by atoms with Crippen molar-refractivity contribution in [1.29, 1.82) is 0 Å². The maximum Gasteiger partial charge on any atom is 0.417 e. The second-order valence-electron chi connectivity index (χ2n) is 20.5. The highest BCUT2D eigenvalue weighted by atomic mass is 19.4. The number of aliphatic carboxylic acids is 1. The molecule has 0 aliphatic carbocycles. The van der Waals surface area contributed by atoms with E-state index in [0.717, 1.165) is 18.6 Å². The van der Waals surface area contributed by atoms with Gasteiger partial charge in [-0.3, -0.25) is 14.4 Å². The van der Waals surface area contributed by atoms with Crippen LogP contribution in [0, 0.1) is 41.4 Å². The Morgan fingerprint density at radius 1 is 0.892 bits per heavy atom. The number of carbonyl (C=O) groups is 3. The van der Waals surface area contributed by atoms with E-state index < -0.39 is 118 Å². The molecule has 0 unspecified atom stereocenters. The number of ketones is 1. The van der Waals surface area contributed by atoms with Crippen molar-refractivity contribution in [1.82, 2.24) is 5.32 Å². The summed E-state index contributed by atoms with van der Waals surface area (Å²) in [6, 6.07) is 3.53. The Kier molecular flexibility index (Phi) is 15.5. The third kappa shape index (κ3) is 9.99. The lowest BCUT2D eigenvalue weighted by atomic mass is 9.72. The number of carboxylic acid groups (broad SMARTS) is 1.